The fourth-order valence-electron chi connectivity index (χ4n) is 1.64. The fourth-order valence-corrected chi connectivity index (χ4v) is 2.31. The molecule has 2 aromatic rings. The van der Waals surface area contributed by atoms with Crippen molar-refractivity contribution in [3.05, 3.63) is 57.2 Å². The molecule has 1 amide bonds. The summed E-state index contributed by atoms with van der Waals surface area (Å²) in [6.07, 6.45) is 0.324. The van der Waals surface area contributed by atoms with Gasteiger partial charge < -0.3 is 10.1 Å². The van der Waals surface area contributed by atoms with Crippen LogP contribution in [0.25, 0.3) is 0 Å². The SMILES string of the molecule is C[C@@H](OC(=O)c1c(Cl)cccc1Cl)C(=O)Nc1ccc(Cl)cn1. The van der Waals surface area contributed by atoms with Gasteiger partial charge in [-0.05, 0) is 31.2 Å². The molecule has 0 radical (unpaired) electrons. The largest absolute Gasteiger partial charge is 0.449 e. The van der Waals surface area contributed by atoms with Crippen LogP contribution in [0.4, 0.5) is 5.82 Å². The van der Waals surface area contributed by atoms with Crippen molar-refractivity contribution in [2.45, 2.75) is 13.0 Å². The normalized spacial score (nSPS) is 11.7. The number of carbonyl (C=O) groups excluding carboxylic acids is 2. The first-order valence-electron chi connectivity index (χ1n) is 6.46. The number of pyridine rings is 1. The molecule has 1 heterocycles. The summed E-state index contributed by atoms with van der Waals surface area (Å²) in [4.78, 5) is 28.0. The van der Waals surface area contributed by atoms with Gasteiger partial charge in [-0.25, -0.2) is 9.78 Å². The molecule has 2 rings (SSSR count). The van der Waals surface area contributed by atoms with Crippen LogP contribution in [0, 0.1) is 0 Å². The highest BCUT2D eigenvalue weighted by Gasteiger charge is 2.22. The smallest absolute Gasteiger partial charge is 0.341 e. The maximum Gasteiger partial charge on any atom is 0.341 e. The van der Waals surface area contributed by atoms with E-state index in [1.165, 1.54) is 31.3 Å². The second kappa shape index (κ2) is 7.64. The van der Waals surface area contributed by atoms with Crippen molar-refractivity contribution >= 4 is 52.5 Å². The van der Waals surface area contributed by atoms with E-state index in [1.807, 2.05) is 0 Å². The van der Waals surface area contributed by atoms with Gasteiger partial charge in [0.2, 0.25) is 0 Å². The number of carbonyl (C=O) groups is 2. The predicted molar refractivity (Wildman–Crippen MR) is 89.2 cm³/mol. The zero-order valence-corrected chi connectivity index (χ0v) is 14.1. The van der Waals surface area contributed by atoms with E-state index in [2.05, 4.69) is 10.3 Å². The van der Waals surface area contributed by atoms with Crippen LogP contribution in [0.1, 0.15) is 17.3 Å². The summed E-state index contributed by atoms with van der Waals surface area (Å²) in [6, 6.07) is 7.71. The Hall–Kier alpha value is -1.82. The van der Waals surface area contributed by atoms with E-state index in [1.54, 1.807) is 12.1 Å². The van der Waals surface area contributed by atoms with Crippen molar-refractivity contribution in [1.82, 2.24) is 4.98 Å². The van der Waals surface area contributed by atoms with Gasteiger partial charge >= 0.3 is 5.97 Å². The summed E-state index contributed by atoms with van der Waals surface area (Å²) in [5.41, 5.74) is 0.0140. The van der Waals surface area contributed by atoms with E-state index in [9.17, 15) is 9.59 Å². The van der Waals surface area contributed by atoms with Gasteiger partial charge in [-0.1, -0.05) is 40.9 Å². The van der Waals surface area contributed by atoms with Crippen LogP contribution in [0.5, 0.6) is 0 Å². The number of anilines is 1. The Morgan fingerprint density at radius 3 is 2.35 bits per heavy atom. The predicted octanol–water partition coefficient (Wildman–Crippen LogP) is 4.23. The third kappa shape index (κ3) is 4.58. The Kier molecular flexibility index (Phi) is 5.82. The molecule has 23 heavy (non-hydrogen) atoms. The molecule has 0 aliphatic rings. The summed E-state index contributed by atoms with van der Waals surface area (Å²) in [5.74, 6) is -1.04. The van der Waals surface area contributed by atoms with E-state index in [-0.39, 0.29) is 21.4 Å². The maximum absolute atomic E-state index is 12.1. The maximum atomic E-state index is 12.1. The number of ether oxygens (including phenoxy) is 1. The van der Waals surface area contributed by atoms with E-state index in [4.69, 9.17) is 39.5 Å². The quantitative estimate of drug-likeness (QED) is 0.815. The Bertz CT molecular complexity index is 715. The van der Waals surface area contributed by atoms with Crippen molar-refractivity contribution in [3.63, 3.8) is 0 Å². The molecular weight excluding hydrogens is 363 g/mol. The number of hydrogen-bond donors (Lipinski definition) is 1. The standard InChI is InChI=1S/C15H11Cl3N2O3/c1-8(14(21)20-12-6-5-9(16)7-19-12)23-15(22)13-10(17)3-2-4-11(13)18/h2-8H,1H3,(H,19,20,21)/t8-/m1/s1. The molecule has 1 N–H and O–H groups in total. The lowest BCUT2D eigenvalue weighted by Gasteiger charge is -2.14. The van der Waals surface area contributed by atoms with Gasteiger partial charge in [0.15, 0.2) is 6.10 Å². The van der Waals surface area contributed by atoms with Crippen LogP contribution in [-0.4, -0.2) is 23.0 Å². The number of rotatable bonds is 4. The van der Waals surface area contributed by atoms with E-state index in [0.717, 1.165) is 0 Å². The molecule has 1 aromatic carbocycles. The molecule has 0 saturated heterocycles. The van der Waals surface area contributed by atoms with Crippen LogP contribution in [0.3, 0.4) is 0 Å². The van der Waals surface area contributed by atoms with E-state index in [0.29, 0.717) is 5.02 Å². The van der Waals surface area contributed by atoms with Crippen LogP contribution in [-0.2, 0) is 9.53 Å². The summed E-state index contributed by atoms with van der Waals surface area (Å²) < 4.78 is 5.08. The highest BCUT2D eigenvalue weighted by molar-refractivity contribution is 6.39. The topological polar surface area (TPSA) is 68.3 Å². The summed E-state index contributed by atoms with van der Waals surface area (Å²) in [5, 5.41) is 3.24. The van der Waals surface area contributed by atoms with Crippen LogP contribution < -0.4 is 5.32 Å². The molecule has 5 nitrogen and oxygen atoms in total. The third-order valence-corrected chi connectivity index (χ3v) is 3.65. The minimum atomic E-state index is -1.06. The molecular formula is C15H11Cl3N2O3. The lowest BCUT2D eigenvalue weighted by Crippen LogP contribution is -2.30. The molecule has 1 atom stereocenters. The van der Waals surface area contributed by atoms with Gasteiger partial charge in [0, 0.05) is 6.20 Å². The van der Waals surface area contributed by atoms with Gasteiger partial charge in [-0.15, -0.1) is 0 Å². The van der Waals surface area contributed by atoms with Crippen LogP contribution in [0.15, 0.2) is 36.5 Å². The third-order valence-electron chi connectivity index (χ3n) is 2.80. The molecule has 0 saturated carbocycles. The molecule has 1 aromatic heterocycles. The minimum Gasteiger partial charge on any atom is -0.449 e. The molecule has 120 valence electrons. The molecule has 0 fully saturated rings. The average molecular weight is 374 g/mol. The zero-order chi connectivity index (χ0) is 17.0. The van der Waals surface area contributed by atoms with Crippen molar-refractivity contribution in [2.24, 2.45) is 0 Å². The molecule has 8 heteroatoms. The van der Waals surface area contributed by atoms with Crippen molar-refractivity contribution in [2.75, 3.05) is 5.32 Å². The number of amides is 1. The van der Waals surface area contributed by atoms with Crippen LogP contribution in [0.2, 0.25) is 15.1 Å². The van der Waals surface area contributed by atoms with Crippen LogP contribution >= 0.6 is 34.8 Å². The highest BCUT2D eigenvalue weighted by atomic mass is 35.5. The zero-order valence-electron chi connectivity index (χ0n) is 11.8. The first-order chi connectivity index (χ1) is 10.9. The molecule has 0 spiro atoms. The van der Waals surface area contributed by atoms with Gasteiger partial charge in [0.05, 0.1) is 20.6 Å². The first kappa shape index (κ1) is 17.5. The number of nitrogens with one attached hydrogen (secondary N) is 1. The van der Waals surface area contributed by atoms with Crippen molar-refractivity contribution in [3.8, 4) is 0 Å². The summed E-state index contributed by atoms with van der Waals surface area (Å²) in [7, 11) is 0. The minimum absolute atomic E-state index is 0.0140. The highest BCUT2D eigenvalue weighted by Crippen LogP contribution is 2.25. The Morgan fingerprint density at radius 1 is 1.13 bits per heavy atom. The number of hydrogen-bond acceptors (Lipinski definition) is 4. The average Bonchev–Trinajstić information content (AvgIpc) is 2.49. The van der Waals surface area contributed by atoms with E-state index >= 15 is 0 Å². The molecule has 0 unspecified atom stereocenters. The van der Waals surface area contributed by atoms with Gasteiger partial charge in [-0.2, -0.15) is 0 Å². The second-order valence-electron chi connectivity index (χ2n) is 4.50. The monoisotopic (exact) mass is 372 g/mol. The van der Waals surface area contributed by atoms with E-state index < -0.39 is 18.0 Å². The second-order valence-corrected chi connectivity index (χ2v) is 5.75. The number of esters is 1. The Morgan fingerprint density at radius 2 is 1.78 bits per heavy atom. The molecule has 0 aliphatic carbocycles. The van der Waals surface area contributed by atoms with Gasteiger partial charge in [0.1, 0.15) is 5.82 Å². The fraction of sp³-hybridized carbons (Fsp3) is 0.133. The summed E-state index contributed by atoms with van der Waals surface area (Å²) in [6.45, 7) is 1.42. The Balaban J connectivity index is 2.03. The first-order valence-corrected chi connectivity index (χ1v) is 7.59. The Labute approximate surface area is 147 Å². The number of benzene rings is 1. The number of halogens is 3. The lowest BCUT2D eigenvalue weighted by atomic mass is 10.2. The number of nitrogens with zero attached hydrogens (tertiary/aromatic N) is 1. The summed E-state index contributed by atoms with van der Waals surface area (Å²) >= 11 is 17.6. The molecule has 0 aliphatic heterocycles. The van der Waals surface area contributed by atoms with Crippen molar-refractivity contribution < 1.29 is 14.3 Å². The number of aromatic nitrogens is 1. The molecule has 0 bridgehead atoms. The van der Waals surface area contributed by atoms with Gasteiger partial charge in [-0.3, -0.25) is 4.79 Å². The van der Waals surface area contributed by atoms with Gasteiger partial charge in [0.25, 0.3) is 5.91 Å². The van der Waals surface area contributed by atoms with Crippen molar-refractivity contribution in [1.29, 1.82) is 0 Å². The lowest BCUT2D eigenvalue weighted by molar-refractivity contribution is -0.123.